The van der Waals surface area contributed by atoms with Crippen LogP contribution in [0.4, 0.5) is 4.79 Å². The molecule has 0 aliphatic rings. The van der Waals surface area contributed by atoms with Crippen LogP contribution in [0.15, 0.2) is 0 Å². The molecule has 0 spiro atoms. The topological polar surface area (TPSA) is 60.9 Å². The fourth-order valence-electron chi connectivity index (χ4n) is 1.77. The van der Waals surface area contributed by atoms with Gasteiger partial charge in [0, 0.05) is 20.1 Å². The Morgan fingerprint density at radius 3 is 2.11 bits per heavy atom. The number of carbonyl (C=O) groups excluding carboxylic acids is 1. The zero-order valence-corrected chi connectivity index (χ0v) is 12.4. The Hall–Kier alpha value is -1.26. The molecular weight excluding hydrogens is 232 g/mol. The van der Waals surface area contributed by atoms with E-state index >= 15 is 0 Å². The molecule has 1 unspecified atom stereocenters. The van der Waals surface area contributed by atoms with Crippen LogP contribution in [-0.4, -0.2) is 52.6 Å². The number of nitrogens with zero attached hydrogens (tertiary/aromatic N) is 2. The summed E-state index contributed by atoms with van der Waals surface area (Å²) in [4.78, 5) is 26.5. The molecule has 0 bridgehead atoms. The minimum absolute atomic E-state index is 0.231. The molecule has 0 radical (unpaired) electrons. The predicted octanol–water partition coefficient (Wildman–Crippen LogP) is 2.27. The molecule has 18 heavy (non-hydrogen) atoms. The van der Waals surface area contributed by atoms with Crippen molar-refractivity contribution in [2.75, 3.05) is 20.1 Å². The minimum Gasteiger partial charge on any atom is -0.480 e. The lowest BCUT2D eigenvalue weighted by molar-refractivity contribution is -0.147. The molecule has 0 heterocycles. The van der Waals surface area contributed by atoms with Crippen LogP contribution in [0.3, 0.4) is 0 Å². The van der Waals surface area contributed by atoms with Crippen molar-refractivity contribution >= 4 is 12.0 Å². The fraction of sp³-hybridized carbons (Fsp3) is 0.846. The molecule has 0 saturated heterocycles. The van der Waals surface area contributed by atoms with Gasteiger partial charge in [-0.15, -0.1) is 0 Å². The van der Waals surface area contributed by atoms with Crippen molar-refractivity contribution < 1.29 is 14.7 Å². The third kappa shape index (κ3) is 3.89. The second-order valence-electron chi connectivity index (χ2n) is 5.28. The number of urea groups is 1. The number of rotatable bonds is 6. The van der Waals surface area contributed by atoms with Gasteiger partial charge >= 0.3 is 12.0 Å². The number of amides is 2. The smallest absolute Gasteiger partial charge is 0.329 e. The first-order chi connectivity index (χ1) is 8.18. The lowest BCUT2D eigenvalue weighted by Crippen LogP contribution is -2.56. The molecule has 0 aromatic rings. The maximum Gasteiger partial charge on any atom is 0.329 e. The average Bonchev–Trinajstić information content (AvgIpc) is 2.28. The molecule has 0 saturated carbocycles. The summed E-state index contributed by atoms with van der Waals surface area (Å²) >= 11 is 0. The van der Waals surface area contributed by atoms with Gasteiger partial charge in [-0.2, -0.15) is 0 Å². The number of carbonyl (C=O) groups is 2. The van der Waals surface area contributed by atoms with Crippen LogP contribution < -0.4 is 0 Å². The summed E-state index contributed by atoms with van der Waals surface area (Å²) in [5.41, 5.74) is -1.18. The van der Waals surface area contributed by atoms with E-state index in [-0.39, 0.29) is 6.03 Å². The molecule has 1 atom stereocenters. The standard InChI is InChI=1S/C13H26N2O3/c1-7-10(3)9-14(6)12(18)15(8-2)13(4,5)11(16)17/h10H,7-9H2,1-6H3,(H,16,17). The molecular formula is C13H26N2O3. The van der Waals surface area contributed by atoms with Crippen LogP contribution in [0, 0.1) is 5.92 Å². The highest BCUT2D eigenvalue weighted by Crippen LogP contribution is 2.17. The van der Waals surface area contributed by atoms with Crippen LogP contribution in [-0.2, 0) is 4.79 Å². The number of carboxylic acid groups (broad SMARTS) is 1. The van der Waals surface area contributed by atoms with E-state index in [1.165, 1.54) is 4.90 Å². The molecule has 2 amide bonds. The van der Waals surface area contributed by atoms with Gasteiger partial charge in [0.25, 0.3) is 0 Å². The largest absolute Gasteiger partial charge is 0.480 e. The molecule has 0 fully saturated rings. The SMILES string of the molecule is CCC(C)CN(C)C(=O)N(CC)C(C)(C)C(=O)O. The number of likely N-dealkylation sites (N-methyl/N-ethyl adjacent to an activating group) is 1. The summed E-state index contributed by atoms with van der Waals surface area (Å²) in [5.74, 6) is -0.583. The second kappa shape index (κ2) is 6.61. The van der Waals surface area contributed by atoms with Crippen LogP contribution in [0.5, 0.6) is 0 Å². The van der Waals surface area contributed by atoms with Gasteiger partial charge in [-0.3, -0.25) is 0 Å². The molecule has 1 N–H and O–H groups in total. The van der Waals surface area contributed by atoms with Gasteiger partial charge in [0.1, 0.15) is 5.54 Å². The average molecular weight is 258 g/mol. The third-order valence-corrected chi connectivity index (χ3v) is 3.35. The van der Waals surface area contributed by atoms with E-state index in [0.29, 0.717) is 19.0 Å². The molecule has 5 heteroatoms. The Bertz CT molecular complexity index is 303. The van der Waals surface area contributed by atoms with Crippen molar-refractivity contribution in [2.24, 2.45) is 5.92 Å². The van der Waals surface area contributed by atoms with Crippen molar-refractivity contribution in [3.05, 3.63) is 0 Å². The maximum absolute atomic E-state index is 12.3. The Balaban J connectivity index is 4.87. The maximum atomic E-state index is 12.3. The number of hydrogen-bond donors (Lipinski definition) is 1. The molecule has 0 rings (SSSR count). The lowest BCUT2D eigenvalue weighted by Gasteiger charge is -2.37. The molecule has 5 nitrogen and oxygen atoms in total. The summed E-state index contributed by atoms with van der Waals surface area (Å²) < 4.78 is 0. The molecule has 0 aromatic heterocycles. The Morgan fingerprint density at radius 2 is 1.78 bits per heavy atom. The Kier molecular flexibility index (Phi) is 6.15. The number of hydrogen-bond acceptors (Lipinski definition) is 2. The first kappa shape index (κ1) is 16.7. The third-order valence-electron chi connectivity index (χ3n) is 3.35. The van der Waals surface area contributed by atoms with Gasteiger partial charge in [-0.25, -0.2) is 9.59 Å². The highest BCUT2D eigenvalue weighted by atomic mass is 16.4. The van der Waals surface area contributed by atoms with Gasteiger partial charge < -0.3 is 14.9 Å². The monoisotopic (exact) mass is 258 g/mol. The van der Waals surface area contributed by atoms with Crippen molar-refractivity contribution in [3.8, 4) is 0 Å². The van der Waals surface area contributed by atoms with E-state index in [0.717, 1.165) is 6.42 Å². The first-order valence-corrected chi connectivity index (χ1v) is 6.44. The quantitative estimate of drug-likeness (QED) is 0.795. The van der Waals surface area contributed by atoms with E-state index < -0.39 is 11.5 Å². The van der Waals surface area contributed by atoms with E-state index in [2.05, 4.69) is 13.8 Å². The van der Waals surface area contributed by atoms with E-state index in [1.807, 2.05) is 0 Å². The van der Waals surface area contributed by atoms with Crippen LogP contribution in [0.2, 0.25) is 0 Å². The normalized spacial score (nSPS) is 13.0. The minimum atomic E-state index is -1.18. The number of carboxylic acids is 1. The molecule has 0 aromatic carbocycles. The summed E-state index contributed by atoms with van der Waals surface area (Å²) in [6.45, 7) is 10.1. The van der Waals surface area contributed by atoms with E-state index in [9.17, 15) is 14.7 Å². The van der Waals surface area contributed by atoms with Gasteiger partial charge in [0.2, 0.25) is 0 Å². The Labute approximate surface area is 110 Å². The highest BCUT2D eigenvalue weighted by Gasteiger charge is 2.38. The lowest BCUT2D eigenvalue weighted by atomic mass is 10.0. The summed E-state index contributed by atoms with van der Waals surface area (Å²) in [6.07, 6.45) is 0.992. The zero-order chi connectivity index (χ0) is 14.5. The molecule has 106 valence electrons. The van der Waals surface area contributed by atoms with Crippen LogP contribution in [0.25, 0.3) is 0 Å². The van der Waals surface area contributed by atoms with Gasteiger partial charge in [-0.05, 0) is 26.7 Å². The van der Waals surface area contributed by atoms with Crippen molar-refractivity contribution in [1.82, 2.24) is 9.80 Å². The van der Waals surface area contributed by atoms with Crippen LogP contribution >= 0.6 is 0 Å². The molecule has 0 aliphatic carbocycles. The summed E-state index contributed by atoms with van der Waals surface area (Å²) in [7, 11) is 1.72. The second-order valence-corrected chi connectivity index (χ2v) is 5.28. The summed E-state index contributed by atoms with van der Waals surface area (Å²) in [5, 5.41) is 9.19. The predicted molar refractivity (Wildman–Crippen MR) is 71.6 cm³/mol. The van der Waals surface area contributed by atoms with Crippen LogP contribution in [0.1, 0.15) is 41.0 Å². The zero-order valence-electron chi connectivity index (χ0n) is 12.4. The van der Waals surface area contributed by atoms with Gasteiger partial charge in [0.15, 0.2) is 0 Å². The highest BCUT2D eigenvalue weighted by molar-refractivity contribution is 5.85. The van der Waals surface area contributed by atoms with Gasteiger partial charge in [0.05, 0.1) is 0 Å². The van der Waals surface area contributed by atoms with E-state index in [1.54, 1.807) is 32.7 Å². The van der Waals surface area contributed by atoms with E-state index in [4.69, 9.17) is 0 Å². The summed E-state index contributed by atoms with van der Waals surface area (Å²) in [6, 6.07) is -0.231. The fourth-order valence-corrected chi connectivity index (χ4v) is 1.77. The Morgan fingerprint density at radius 1 is 1.28 bits per heavy atom. The van der Waals surface area contributed by atoms with Crippen molar-refractivity contribution in [3.63, 3.8) is 0 Å². The number of aliphatic carboxylic acids is 1. The van der Waals surface area contributed by atoms with Crippen molar-refractivity contribution in [2.45, 2.75) is 46.6 Å². The van der Waals surface area contributed by atoms with Crippen molar-refractivity contribution in [1.29, 1.82) is 0 Å². The molecule has 0 aliphatic heterocycles. The first-order valence-electron chi connectivity index (χ1n) is 6.44. The van der Waals surface area contributed by atoms with Gasteiger partial charge in [-0.1, -0.05) is 20.3 Å².